The maximum atomic E-state index is 14.6. The average molecular weight is 489 g/mol. The molecule has 2 aliphatic rings. The normalized spacial score (nSPS) is 19.9. The summed E-state index contributed by atoms with van der Waals surface area (Å²) in [6, 6.07) is 9.53. The zero-order chi connectivity index (χ0) is 23.1. The van der Waals surface area contributed by atoms with E-state index in [9.17, 15) is 19.4 Å². The van der Waals surface area contributed by atoms with Gasteiger partial charge in [-0.05, 0) is 49.6 Å². The van der Waals surface area contributed by atoms with Crippen molar-refractivity contribution in [2.75, 3.05) is 31.2 Å². The highest BCUT2D eigenvalue weighted by Gasteiger charge is 2.37. The summed E-state index contributed by atoms with van der Waals surface area (Å²) in [7, 11) is 0. The summed E-state index contributed by atoms with van der Waals surface area (Å²) in [6.45, 7) is 3.99. The Balaban J connectivity index is 0.00000274. The zero-order valence-corrected chi connectivity index (χ0v) is 19.5. The van der Waals surface area contributed by atoms with Crippen LogP contribution in [0.4, 0.5) is 15.0 Å². The Hall–Kier alpha value is -3.17. The van der Waals surface area contributed by atoms with E-state index in [0.29, 0.717) is 50.5 Å². The lowest BCUT2D eigenvalue weighted by Crippen LogP contribution is -2.48. The minimum Gasteiger partial charge on any atom is -0.507 e. The van der Waals surface area contributed by atoms with Crippen molar-refractivity contribution in [3.05, 3.63) is 47.8 Å². The number of carbonyl (C=O) groups is 1. The van der Waals surface area contributed by atoms with Gasteiger partial charge in [0, 0.05) is 25.1 Å². The molecule has 1 amide bonds. The molecule has 2 aliphatic heterocycles. The highest BCUT2D eigenvalue weighted by atomic mass is 35.5. The fraction of sp³-hybridized carbons (Fsp3) is 0.375. The van der Waals surface area contributed by atoms with Gasteiger partial charge in [-0.3, -0.25) is 4.90 Å². The molecule has 0 radical (unpaired) electrons. The van der Waals surface area contributed by atoms with Crippen LogP contribution >= 0.6 is 12.4 Å². The van der Waals surface area contributed by atoms with Gasteiger partial charge in [0.1, 0.15) is 17.4 Å². The lowest BCUT2D eigenvalue weighted by atomic mass is 10.1. The number of rotatable bonds is 4. The number of phenolic OH excluding ortho intramolecular Hbond substituents is 1. The number of benzene rings is 2. The van der Waals surface area contributed by atoms with E-state index >= 15 is 0 Å². The number of halogens is 2. The van der Waals surface area contributed by atoms with Gasteiger partial charge in [0.2, 0.25) is 0 Å². The van der Waals surface area contributed by atoms with Crippen molar-refractivity contribution in [2.45, 2.75) is 31.8 Å². The lowest BCUT2D eigenvalue weighted by molar-refractivity contribution is 0.0928. The first-order valence-electron chi connectivity index (χ1n) is 11.0. The maximum Gasteiger partial charge on any atom is 0.407 e. The molecule has 0 unspecified atom stereocenters. The third kappa shape index (κ3) is 4.33. The van der Waals surface area contributed by atoms with Crippen molar-refractivity contribution >= 4 is 35.2 Å². The number of aromatic nitrogens is 2. The smallest absolute Gasteiger partial charge is 0.407 e. The molecule has 34 heavy (non-hydrogen) atoms. The van der Waals surface area contributed by atoms with Crippen LogP contribution in [0.2, 0.25) is 0 Å². The number of aromatic hydroxyl groups is 1. The molecule has 2 fully saturated rings. The Bertz CT molecular complexity index is 1200. The van der Waals surface area contributed by atoms with E-state index in [4.69, 9.17) is 4.74 Å². The van der Waals surface area contributed by atoms with E-state index in [1.165, 1.54) is 23.1 Å². The molecular formula is C24H26ClFN4O4. The Morgan fingerprint density at radius 1 is 1.21 bits per heavy atom. The molecule has 2 saturated heterocycles. The first-order chi connectivity index (χ1) is 15.9. The highest BCUT2D eigenvalue weighted by Crippen LogP contribution is 2.35. The second kappa shape index (κ2) is 9.60. The van der Waals surface area contributed by atoms with E-state index in [2.05, 4.69) is 9.97 Å². The van der Waals surface area contributed by atoms with Crippen molar-refractivity contribution in [3.8, 4) is 17.1 Å². The van der Waals surface area contributed by atoms with Crippen molar-refractivity contribution < 1.29 is 24.1 Å². The van der Waals surface area contributed by atoms with Crippen LogP contribution in [0.1, 0.15) is 18.4 Å². The molecule has 180 valence electrons. The number of phenols is 1. The van der Waals surface area contributed by atoms with Gasteiger partial charge in [0.25, 0.3) is 0 Å². The SMILES string of the molecule is Cc1ccc2c(N3CC[C@@H](N(C(=O)O)[C@H]4CCOC4)C3)nc(-c3c(O)cccc3F)nc2c1.Cl. The number of nitrogens with zero attached hydrogens (tertiary/aromatic N) is 4. The van der Waals surface area contributed by atoms with Gasteiger partial charge in [-0.2, -0.15) is 0 Å². The summed E-state index contributed by atoms with van der Waals surface area (Å²) in [5, 5.41) is 21.0. The third-order valence-corrected chi connectivity index (χ3v) is 6.42. The largest absolute Gasteiger partial charge is 0.507 e. The summed E-state index contributed by atoms with van der Waals surface area (Å²) in [5.74, 6) is -0.134. The van der Waals surface area contributed by atoms with E-state index in [0.717, 1.165) is 10.9 Å². The van der Waals surface area contributed by atoms with Crippen LogP contribution in [0, 0.1) is 12.7 Å². The molecule has 3 heterocycles. The van der Waals surface area contributed by atoms with Gasteiger partial charge < -0.3 is 19.8 Å². The van der Waals surface area contributed by atoms with Gasteiger partial charge in [-0.25, -0.2) is 19.2 Å². The van der Waals surface area contributed by atoms with Crippen LogP contribution in [-0.4, -0.2) is 69.6 Å². The van der Waals surface area contributed by atoms with Gasteiger partial charge in [0.05, 0.1) is 29.8 Å². The van der Waals surface area contributed by atoms with Gasteiger partial charge in [0.15, 0.2) is 5.82 Å². The number of aryl methyl sites for hydroxylation is 1. The molecule has 5 rings (SSSR count). The monoisotopic (exact) mass is 488 g/mol. The molecule has 0 spiro atoms. The van der Waals surface area contributed by atoms with Crippen LogP contribution in [-0.2, 0) is 4.74 Å². The predicted octanol–water partition coefficient (Wildman–Crippen LogP) is 4.22. The first-order valence-corrected chi connectivity index (χ1v) is 11.0. The number of amides is 1. The molecule has 0 bridgehead atoms. The number of hydrogen-bond acceptors (Lipinski definition) is 6. The Morgan fingerprint density at radius 2 is 2.03 bits per heavy atom. The molecule has 8 nitrogen and oxygen atoms in total. The minimum absolute atomic E-state index is 0. The number of hydrogen-bond donors (Lipinski definition) is 2. The Kier molecular flexibility index (Phi) is 6.77. The topological polar surface area (TPSA) is 99.0 Å². The second-order valence-corrected chi connectivity index (χ2v) is 8.62. The van der Waals surface area contributed by atoms with Gasteiger partial charge in [-0.15, -0.1) is 12.4 Å². The second-order valence-electron chi connectivity index (χ2n) is 8.62. The molecule has 2 aromatic carbocycles. The first kappa shape index (κ1) is 24.0. The fourth-order valence-electron chi connectivity index (χ4n) is 4.82. The van der Waals surface area contributed by atoms with Gasteiger partial charge >= 0.3 is 6.09 Å². The summed E-state index contributed by atoms with van der Waals surface area (Å²) >= 11 is 0. The number of ether oxygens (including phenoxy) is 1. The van der Waals surface area contributed by atoms with Crippen LogP contribution in [0.25, 0.3) is 22.3 Å². The molecular weight excluding hydrogens is 463 g/mol. The standard InChI is InChI=1S/C24H25FN4O4.ClH/c1-14-5-6-17-19(11-14)26-22(21-18(25)3-2-4-20(21)30)27-23(17)28-9-7-15(12-28)29(24(31)32)16-8-10-33-13-16;/h2-6,11,15-16,30H,7-10,12-13H2,1H3,(H,31,32);1H/t15-,16+;/m1./s1. The molecule has 10 heteroatoms. The number of fused-ring (bicyclic) bond motifs is 1. The van der Waals surface area contributed by atoms with Crippen molar-refractivity contribution in [1.82, 2.24) is 14.9 Å². The quantitative estimate of drug-likeness (QED) is 0.567. The predicted molar refractivity (Wildman–Crippen MR) is 128 cm³/mol. The fourth-order valence-corrected chi connectivity index (χ4v) is 4.82. The van der Waals surface area contributed by atoms with Crippen LogP contribution < -0.4 is 4.90 Å². The molecule has 1 aromatic heterocycles. The van der Waals surface area contributed by atoms with E-state index in [-0.39, 0.29) is 41.6 Å². The van der Waals surface area contributed by atoms with E-state index in [1.807, 2.05) is 30.0 Å². The highest BCUT2D eigenvalue weighted by molar-refractivity contribution is 5.92. The Morgan fingerprint density at radius 3 is 2.74 bits per heavy atom. The van der Waals surface area contributed by atoms with Crippen LogP contribution in [0.5, 0.6) is 5.75 Å². The van der Waals surface area contributed by atoms with Crippen molar-refractivity contribution in [1.29, 1.82) is 0 Å². The molecule has 2 N–H and O–H groups in total. The van der Waals surface area contributed by atoms with Crippen molar-refractivity contribution in [2.24, 2.45) is 0 Å². The number of carboxylic acid groups (broad SMARTS) is 1. The zero-order valence-electron chi connectivity index (χ0n) is 18.6. The maximum absolute atomic E-state index is 14.6. The summed E-state index contributed by atoms with van der Waals surface area (Å²) < 4.78 is 20.0. The van der Waals surface area contributed by atoms with Crippen LogP contribution in [0.3, 0.4) is 0 Å². The van der Waals surface area contributed by atoms with Crippen LogP contribution in [0.15, 0.2) is 36.4 Å². The van der Waals surface area contributed by atoms with E-state index < -0.39 is 11.9 Å². The van der Waals surface area contributed by atoms with Crippen molar-refractivity contribution in [3.63, 3.8) is 0 Å². The Labute approximate surface area is 202 Å². The molecule has 3 aromatic rings. The summed E-state index contributed by atoms with van der Waals surface area (Å²) in [6.07, 6.45) is 0.396. The lowest BCUT2D eigenvalue weighted by Gasteiger charge is -2.31. The van der Waals surface area contributed by atoms with Gasteiger partial charge in [-0.1, -0.05) is 12.1 Å². The molecule has 2 atom stereocenters. The minimum atomic E-state index is -0.947. The van der Waals surface area contributed by atoms with E-state index in [1.54, 1.807) is 0 Å². The average Bonchev–Trinajstić information content (AvgIpc) is 3.46. The number of anilines is 1. The third-order valence-electron chi connectivity index (χ3n) is 6.42. The molecule has 0 aliphatic carbocycles. The molecule has 0 saturated carbocycles. The summed E-state index contributed by atoms with van der Waals surface area (Å²) in [5.41, 5.74) is 1.59. The summed E-state index contributed by atoms with van der Waals surface area (Å²) in [4.78, 5) is 24.8.